The van der Waals surface area contributed by atoms with Gasteiger partial charge < -0.3 is 9.64 Å². The molecule has 0 amide bonds. The first-order chi connectivity index (χ1) is 16.3. The molecule has 0 radical (unpaired) electrons. The molecule has 0 aromatic rings. The van der Waals surface area contributed by atoms with Crippen molar-refractivity contribution in [3.8, 4) is 0 Å². The maximum absolute atomic E-state index is 12.7. The van der Waals surface area contributed by atoms with Crippen LogP contribution in [0.2, 0.25) is 0 Å². The van der Waals surface area contributed by atoms with Gasteiger partial charge >= 0.3 is 6.18 Å². The summed E-state index contributed by atoms with van der Waals surface area (Å²) in [5.41, 5.74) is 4.55. The van der Waals surface area contributed by atoms with Crippen molar-refractivity contribution in [1.82, 2.24) is 20.1 Å². The zero-order valence-corrected chi connectivity index (χ0v) is 19.8. The molecule has 0 bridgehead atoms. The number of ether oxygens (including phenoxy) is 1. The van der Waals surface area contributed by atoms with Crippen molar-refractivity contribution >= 4 is 6.34 Å². The summed E-state index contributed by atoms with van der Waals surface area (Å²) in [7, 11) is 0. The van der Waals surface area contributed by atoms with E-state index in [1.165, 1.54) is 5.57 Å². The van der Waals surface area contributed by atoms with E-state index in [0.717, 1.165) is 32.8 Å². The Morgan fingerprint density at radius 3 is 2.56 bits per heavy atom. The van der Waals surface area contributed by atoms with Crippen LogP contribution in [0.3, 0.4) is 0 Å². The molecule has 5 aliphatic rings. The van der Waals surface area contributed by atoms with E-state index < -0.39 is 12.6 Å². The van der Waals surface area contributed by atoms with Gasteiger partial charge in [0.15, 0.2) is 0 Å². The lowest BCUT2D eigenvalue weighted by Crippen LogP contribution is -2.35. The molecule has 34 heavy (non-hydrogen) atoms. The van der Waals surface area contributed by atoms with Crippen LogP contribution in [0.1, 0.15) is 20.3 Å². The largest absolute Gasteiger partial charge is 0.393 e. The minimum absolute atomic E-state index is 0.0386. The third-order valence-corrected chi connectivity index (χ3v) is 6.62. The Balaban J connectivity index is 0.000000226. The van der Waals surface area contributed by atoms with Gasteiger partial charge in [-0.25, -0.2) is 0 Å². The van der Waals surface area contributed by atoms with Crippen molar-refractivity contribution < 1.29 is 17.9 Å². The van der Waals surface area contributed by atoms with Crippen LogP contribution >= 0.6 is 0 Å². The standard InChI is InChI=1S/C18H25F3N2O.C7H9N3/c1-2-24-13-22-9-15-11-23(12-16(15)10-22)17-6-4-3-5-14(7-17)8-18(19,20)21;1-6-2-3-7-9-8-5-10(7)4-6/h3-7,15-17H,2,8-13H2,1H3;2-5,7,9H,1H3/t15-,16+,17?;. The lowest BCUT2D eigenvalue weighted by molar-refractivity contribution is -0.126. The van der Waals surface area contributed by atoms with E-state index in [2.05, 4.69) is 45.6 Å². The Morgan fingerprint density at radius 2 is 1.85 bits per heavy atom. The quantitative estimate of drug-likeness (QED) is 0.652. The monoisotopic (exact) mass is 477 g/mol. The minimum atomic E-state index is -4.16. The molecule has 0 spiro atoms. The summed E-state index contributed by atoms with van der Waals surface area (Å²) in [6, 6.07) is -0.0386. The molecule has 0 aromatic carbocycles. The van der Waals surface area contributed by atoms with Crippen LogP contribution in [0, 0.1) is 11.8 Å². The number of alkyl halides is 3. The molecular formula is C25H34F3N5O. The molecule has 5 rings (SSSR count). The number of rotatable bonds is 5. The summed E-state index contributed by atoms with van der Waals surface area (Å²) in [6.45, 7) is 9.41. The highest BCUT2D eigenvalue weighted by Crippen LogP contribution is 2.34. The fourth-order valence-corrected chi connectivity index (χ4v) is 5.05. The van der Waals surface area contributed by atoms with Gasteiger partial charge in [0.2, 0.25) is 0 Å². The summed E-state index contributed by atoms with van der Waals surface area (Å²) in [6.07, 6.45) is 12.2. The number of allylic oxidation sites excluding steroid dienone is 6. The van der Waals surface area contributed by atoms with Crippen molar-refractivity contribution in [3.05, 3.63) is 59.9 Å². The molecule has 4 heterocycles. The van der Waals surface area contributed by atoms with E-state index in [1.807, 2.05) is 24.0 Å². The van der Waals surface area contributed by atoms with E-state index >= 15 is 0 Å². The van der Waals surface area contributed by atoms with E-state index in [9.17, 15) is 13.2 Å². The molecule has 9 heteroatoms. The fourth-order valence-electron chi connectivity index (χ4n) is 5.05. The topological polar surface area (TPSA) is 43.3 Å². The Labute approximate surface area is 199 Å². The Morgan fingerprint density at radius 1 is 1.09 bits per heavy atom. The van der Waals surface area contributed by atoms with Crippen LogP contribution in [0.5, 0.6) is 0 Å². The van der Waals surface area contributed by atoms with Gasteiger partial charge in [-0.3, -0.25) is 15.2 Å². The molecule has 4 aliphatic heterocycles. The smallest absolute Gasteiger partial charge is 0.366 e. The Kier molecular flexibility index (Phi) is 7.95. The molecule has 186 valence electrons. The van der Waals surface area contributed by atoms with Crippen molar-refractivity contribution in [1.29, 1.82) is 0 Å². The maximum Gasteiger partial charge on any atom is 0.393 e. The van der Waals surface area contributed by atoms with Crippen LogP contribution in [-0.4, -0.2) is 78.9 Å². The number of halogens is 3. The highest BCUT2D eigenvalue weighted by atomic mass is 19.4. The van der Waals surface area contributed by atoms with Crippen molar-refractivity contribution in [2.75, 3.05) is 39.5 Å². The predicted octanol–water partition coefficient (Wildman–Crippen LogP) is 3.85. The lowest BCUT2D eigenvalue weighted by Gasteiger charge is -2.25. The zero-order chi connectivity index (χ0) is 24.1. The molecule has 2 fully saturated rings. The molecule has 2 unspecified atom stereocenters. The molecule has 6 nitrogen and oxygen atoms in total. The van der Waals surface area contributed by atoms with Crippen LogP contribution in [0.15, 0.2) is 65.0 Å². The average molecular weight is 478 g/mol. The molecule has 0 saturated carbocycles. The number of hydrogen-bond acceptors (Lipinski definition) is 6. The van der Waals surface area contributed by atoms with E-state index in [0.29, 0.717) is 24.1 Å². The van der Waals surface area contributed by atoms with E-state index in [1.54, 1.807) is 24.6 Å². The van der Waals surface area contributed by atoms with Gasteiger partial charge in [-0.2, -0.15) is 18.3 Å². The summed E-state index contributed by atoms with van der Waals surface area (Å²) in [4.78, 5) is 6.69. The van der Waals surface area contributed by atoms with E-state index in [-0.39, 0.29) is 12.2 Å². The van der Waals surface area contributed by atoms with Crippen molar-refractivity contribution in [2.45, 2.75) is 38.7 Å². The minimum Gasteiger partial charge on any atom is -0.366 e. The highest BCUT2D eigenvalue weighted by Gasteiger charge is 2.41. The third-order valence-electron chi connectivity index (χ3n) is 6.62. The second-order valence-electron chi connectivity index (χ2n) is 9.40. The second-order valence-corrected chi connectivity index (χ2v) is 9.40. The fraction of sp³-hybridized carbons (Fsp3) is 0.560. The number of hydrazone groups is 1. The summed E-state index contributed by atoms with van der Waals surface area (Å²) >= 11 is 0. The van der Waals surface area contributed by atoms with Gasteiger partial charge in [-0.1, -0.05) is 36.5 Å². The number of nitrogens with zero attached hydrogens (tertiary/aromatic N) is 4. The summed E-state index contributed by atoms with van der Waals surface area (Å²) < 4.78 is 43.5. The molecule has 0 aromatic heterocycles. The second kappa shape index (κ2) is 10.9. The van der Waals surface area contributed by atoms with Crippen molar-refractivity contribution in [3.63, 3.8) is 0 Å². The van der Waals surface area contributed by atoms with Gasteiger partial charge in [-0.15, -0.1) is 0 Å². The number of likely N-dealkylation sites (tertiary alicyclic amines) is 2. The SMILES string of the molecule is CC1=CN2C=NNC2C=C1.CCOCN1C[C@@H]2CN(C3C=CC=CC(CC(F)(F)F)=C3)C[C@@H]2C1. The van der Waals surface area contributed by atoms with Crippen molar-refractivity contribution in [2.24, 2.45) is 16.9 Å². The maximum atomic E-state index is 12.7. The van der Waals surface area contributed by atoms with Crippen LogP contribution in [0.4, 0.5) is 13.2 Å². The third kappa shape index (κ3) is 6.61. The van der Waals surface area contributed by atoms with Gasteiger partial charge in [0.05, 0.1) is 13.2 Å². The lowest BCUT2D eigenvalue weighted by atomic mass is 10.0. The first-order valence-electron chi connectivity index (χ1n) is 11.9. The number of fused-ring (bicyclic) bond motifs is 2. The predicted molar refractivity (Wildman–Crippen MR) is 128 cm³/mol. The van der Waals surface area contributed by atoms with Gasteiger partial charge in [0.25, 0.3) is 0 Å². The Hall–Kier alpha value is -2.36. The highest BCUT2D eigenvalue weighted by molar-refractivity contribution is 5.60. The van der Waals surface area contributed by atoms with Crippen LogP contribution in [-0.2, 0) is 4.74 Å². The molecule has 4 atom stereocenters. The van der Waals surface area contributed by atoms with Gasteiger partial charge in [0, 0.05) is 45.0 Å². The first kappa shape index (κ1) is 24.8. The molecule has 2 saturated heterocycles. The zero-order valence-electron chi connectivity index (χ0n) is 19.8. The molecule has 1 N–H and O–H groups in total. The van der Waals surface area contributed by atoms with Gasteiger partial charge in [-0.05, 0) is 42.9 Å². The average Bonchev–Trinajstić information content (AvgIpc) is 3.43. The number of hydrogen-bond donors (Lipinski definition) is 1. The molecule has 1 aliphatic carbocycles. The van der Waals surface area contributed by atoms with Crippen LogP contribution in [0.25, 0.3) is 0 Å². The first-order valence-corrected chi connectivity index (χ1v) is 11.9. The van der Waals surface area contributed by atoms with E-state index in [4.69, 9.17) is 4.74 Å². The Bertz CT molecular complexity index is 877. The molecular weight excluding hydrogens is 443 g/mol. The summed E-state index contributed by atoms with van der Waals surface area (Å²) in [5.74, 6) is 1.18. The van der Waals surface area contributed by atoms with Crippen LogP contribution < -0.4 is 5.43 Å². The number of nitrogens with one attached hydrogen (secondary N) is 1. The normalized spacial score (nSPS) is 30.3. The summed E-state index contributed by atoms with van der Waals surface area (Å²) in [5, 5.41) is 3.92. The van der Waals surface area contributed by atoms with Gasteiger partial charge in [0.1, 0.15) is 12.5 Å².